The van der Waals surface area contributed by atoms with Gasteiger partial charge in [-0.15, -0.1) is 0 Å². The molecule has 3 nitrogen and oxygen atoms in total. The highest BCUT2D eigenvalue weighted by atomic mass is 16.3. The molecule has 0 unspecified atom stereocenters. The van der Waals surface area contributed by atoms with Crippen molar-refractivity contribution in [1.82, 2.24) is 9.97 Å². The molecule has 0 amide bonds. The highest BCUT2D eigenvalue weighted by Crippen LogP contribution is 2.34. The van der Waals surface area contributed by atoms with Crippen molar-refractivity contribution in [2.45, 2.75) is 0 Å². The molecule has 0 atom stereocenters. The summed E-state index contributed by atoms with van der Waals surface area (Å²) in [6.07, 6.45) is 3.24. The maximum Gasteiger partial charge on any atom is 0.144 e. The number of aromatic nitrogens is 2. The Morgan fingerprint density at radius 3 is 2.42 bits per heavy atom. The lowest BCUT2D eigenvalue weighted by molar-refractivity contribution is 0.481. The first-order valence-corrected chi connectivity index (χ1v) is 6.09. The van der Waals surface area contributed by atoms with Gasteiger partial charge >= 0.3 is 0 Å². The number of rotatable bonds is 0. The normalized spacial score (nSPS) is 11.4. The van der Waals surface area contributed by atoms with Crippen molar-refractivity contribution in [2.75, 3.05) is 0 Å². The van der Waals surface area contributed by atoms with E-state index in [-0.39, 0.29) is 5.75 Å². The van der Waals surface area contributed by atoms with Gasteiger partial charge in [0.05, 0.1) is 0 Å². The quantitative estimate of drug-likeness (QED) is 0.482. The third-order valence-electron chi connectivity index (χ3n) is 3.45. The van der Waals surface area contributed by atoms with E-state index in [0.717, 1.165) is 27.1 Å². The van der Waals surface area contributed by atoms with Gasteiger partial charge in [-0.25, -0.2) is 4.98 Å². The fraction of sp³-hybridized carbons (Fsp3) is 0. The van der Waals surface area contributed by atoms with E-state index in [4.69, 9.17) is 0 Å². The van der Waals surface area contributed by atoms with Crippen LogP contribution in [0.1, 0.15) is 0 Å². The lowest BCUT2D eigenvalue weighted by Crippen LogP contribution is -1.86. The summed E-state index contributed by atoms with van der Waals surface area (Å²) in [5.41, 5.74) is 1.29. The second kappa shape index (κ2) is 3.65. The number of hydrogen-bond acceptors (Lipinski definition) is 3. The molecule has 19 heavy (non-hydrogen) atoms. The van der Waals surface area contributed by atoms with Crippen LogP contribution in [0.2, 0.25) is 0 Å². The smallest absolute Gasteiger partial charge is 0.144 e. The molecule has 1 heterocycles. The summed E-state index contributed by atoms with van der Waals surface area (Å²) in [4.78, 5) is 8.55. The Kier molecular flexibility index (Phi) is 1.97. The Hall–Kier alpha value is -2.68. The zero-order valence-corrected chi connectivity index (χ0v) is 10.0. The highest BCUT2D eigenvalue weighted by molar-refractivity contribution is 6.16. The van der Waals surface area contributed by atoms with E-state index in [2.05, 4.69) is 28.2 Å². The summed E-state index contributed by atoms with van der Waals surface area (Å²) in [5, 5.41) is 14.4. The fourth-order valence-corrected chi connectivity index (χ4v) is 2.59. The molecule has 0 radical (unpaired) electrons. The van der Waals surface area contributed by atoms with Crippen LogP contribution in [0.5, 0.6) is 5.75 Å². The van der Waals surface area contributed by atoms with Crippen molar-refractivity contribution in [2.24, 2.45) is 0 Å². The number of hydrogen-bond donors (Lipinski definition) is 1. The third-order valence-corrected chi connectivity index (χ3v) is 3.45. The molecule has 4 rings (SSSR count). The van der Waals surface area contributed by atoms with Gasteiger partial charge < -0.3 is 5.11 Å². The number of benzene rings is 3. The van der Waals surface area contributed by atoms with Crippen molar-refractivity contribution >= 4 is 32.6 Å². The molecule has 0 aliphatic heterocycles. The van der Waals surface area contributed by atoms with Gasteiger partial charge in [-0.05, 0) is 22.2 Å². The van der Waals surface area contributed by atoms with E-state index in [1.54, 1.807) is 18.5 Å². The van der Waals surface area contributed by atoms with E-state index >= 15 is 0 Å². The molecule has 0 saturated heterocycles. The SMILES string of the molecule is Oc1cc2c3ccccc3ccc2c2nccnc12. The van der Waals surface area contributed by atoms with Gasteiger partial charge in [0, 0.05) is 17.8 Å². The Morgan fingerprint density at radius 1 is 0.737 bits per heavy atom. The highest BCUT2D eigenvalue weighted by Gasteiger charge is 2.09. The second-order valence-corrected chi connectivity index (χ2v) is 4.53. The molecule has 3 aromatic carbocycles. The van der Waals surface area contributed by atoms with Gasteiger partial charge in [-0.3, -0.25) is 4.98 Å². The van der Waals surface area contributed by atoms with Crippen LogP contribution in [0.3, 0.4) is 0 Å². The summed E-state index contributed by atoms with van der Waals surface area (Å²) in [7, 11) is 0. The average molecular weight is 246 g/mol. The minimum absolute atomic E-state index is 0.173. The largest absolute Gasteiger partial charge is 0.506 e. The minimum Gasteiger partial charge on any atom is -0.506 e. The van der Waals surface area contributed by atoms with E-state index < -0.39 is 0 Å². The molecule has 3 heteroatoms. The molecule has 0 fully saturated rings. The summed E-state index contributed by atoms with van der Waals surface area (Å²) in [6, 6.07) is 14.0. The summed E-state index contributed by atoms with van der Waals surface area (Å²) >= 11 is 0. The molecule has 1 aromatic heterocycles. The van der Waals surface area contributed by atoms with Crippen LogP contribution in [-0.2, 0) is 0 Å². The zero-order chi connectivity index (χ0) is 12.8. The first-order chi connectivity index (χ1) is 9.34. The van der Waals surface area contributed by atoms with Crippen LogP contribution in [0.15, 0.2) is 54.9 Å². The fourth-order valence-electron chi connectivity index (χ4n) is 2.59. The van der Waals surface area contributed by atoms with Gasteiger partial charge in [0.2, 0.25) is 0 Å². The van der Waals surface area contributed by atoms with E-state index in [9.17, 15) is 5.11 Å². The Balaban J connectivity index is 2.34. The van der Waals surface area contributed by atoms with Crippen molar-refractivity contribution < 1.29 is 5.11 Å². The van der Waals surface area contributed by atoms with Crippen molar-refractivity contribution in [1.29, 1.82) is 0 Å². The van der Waals surface area contributed by atoms with Crippen LogP contribution in [-0.4, -0.2) is 15.1 Å². The number of nitrogens with zero attached hydrogens (tertiary/aromatic N) is 2. The molecule has 0 bridgehead atoms. The Morgan fingerprint density at radius 2 is 1.53 bits per heavy atom. The first kappa shape index (κ1) is 10.3. The van der Waals surface area contributed by atoms with Gasteiger partial charge in [0.25, 0.3) is 0 Å². The van der Waals surface area contributed by atoms with Crippen LogP contribution >= 0.6 is 0 Å². The number of aromatic hydroxyl groups is 1. The third kappa shape index (κ3) is 1.38. The standard InChI is InChI=1S/C16H10N2O/c19-14-9-13-11-4-2-1-3-10(11)5-6-12(13)15-16(14)18-8-7-17-15/h1-9,19H. The van der Waals surface area contributed by atoms with Gasteiger partial charge in [0.15, 0.2) is 0 Å². The zero-order valence-electron chi connectivity index (χ0n) is 10.0. The molecular formula is C16H10N2O. The monoisotopic (exact) mass is 246 g/mol. The van der Waals surface area contributed by atoms with Crippen molar-refractivity contribution in [3.63, 3.8) is 0 Å². The number of fused-ring (bicyclic) bond motifs is 5. The molecule has 90 valence electrons. The Bertz CT molecular complexity index is 931. The van der Waals surface area contributed by atoms with Gasteiger partial charge in [0.1, 0.15) is 16.8 Å². The van der Waals surface area contributed by atoms with E-state index in [0.29, 0.717) is 5.52 Å². The molecule has 0 saturated carbocycles. The second-order valence-electron chi connectivity index (χ2n) is 4.53. The molecule has 0 aliphatic rings. The van der Waals surface area contributed by atoms with Crippen LogP contribution in [0.4, 0.5) is 0 Å². The molecule has 0 aliphatic carbocycles. The number of phenols is 1. The number of phenolic OH excluding ortho intramolecular Hbond substituents is 1. The van der Waals surface area contributed by atoms with E-state index in [1.807, 2.05) is 18.2 Å². The molecular weight excluding hydrogens is 236 g/mol. The molecule has 0 spiro atoms. The van der Waals surface area contributed by atoms with Crippen molar-refractivity contribution in [3.8, 4) is 5.75 Å². The van der Waals surface area contributed by atoms with Crippen LogP contribution < -0.4 is 0 Å². The predicted molar refractivity (Wildman–Crippen MR) is 76.2 cm³/mol. The Labute approximate surface area is 109 Å². The summed E-state index contributed by atoms with van der Waals surface area (Å²) in [5.74, 6) is 0.173. The maximum absolute atomic E-state index is 10.1. The first-order valence-electron chi connectivity index (χ1n) is 6.09. The summed E-state index contributed by atoms with van der Waals surface area (Å²) in [6.45, 7) is 0. The summed E-state index contributed by atoms with van der Waals surface area (Å²) < 4.78 is 0. The minimum atomic E-state index is 0.173. The maximum atomic E-state index is 10.1. The molecule has 1 N–H and O–H groups in total. The lowest BCUT2D eigenvalue weighted by Gasteiger charge is -2.07. The average Bonchev–Trinajstić information content (AvgIpc) is 2.47. The lowest BCUT2D eigenvalue weighted by atomic mass is 10.0. The van der Waals surface area contributed by atoms with Gasteiger partial charge in [-0.2, -0.15) is 0 Å². The predicted octanol–water partition coefficient (Wildman–Crippen LogP) is 3.64. The van der Waals surface area contributed by atoms with Crippen LogP contribution in [0, 0.1) is 0 Å². The molecule has 4 aromatic rings. The van der Waals surface area contributed by atoms with Gasteiger partial charge in [-0.1, -0.05) is 36.4 Å². The topological polar surface area (TPSA) is 46.0 Å². The van der Waals surface area contributed by atoms with E-state index in [1.165, 1.54) is 0 Å². The van der Waals surface area contributed by atoms with Crippen molar-refractivity contribution in [3.05, 3.63) is 54.9 Å². The van der Waals surface area contributed by atoms with Crippen LogP contribution in [0.25, 0.3) is 32.6 Å².